The molecule has 118 valence electrons. The molecule has 0 radical (unpaired) electrons. The number of aryl methyl sites for hydroxylation is 2. The number of hydrogen-bond acceptors (Lipinski definition) is 2. The number of anilines is 1. The van der Waals surface area contributed by atoms with E-state index in [0.29, 0.717) is 15.7 Å². The van der Waals surface area contributed by atoms with Crippen LogP contribution in [0.15, 0.2) is 41.0 Å². The third-order valence-electron chi connectivity index (χ3n) is 3.65. The first kappa shape index (κ1) is 15.9. The van der Waals surface area contributed by atoms with Crippen LogP contribution in [-0.4, -0.2) is 5.91 Å². The Morgan fingerprint density at radius 3 is 2.74 bits per heavy atom. The summed E-state index contributed by atoms with van der Waals surface area (Å²) >= 11 is 12.0. The number of nitrogens with one attached hydrogen (secondary N) is 1. The average Bonchev–Trinajstić information content (AvgIpc) is 2.85. The van der Waals surface area contributed by atoms with Gasteiger partial charge in [0.2, 0.25) is 5.91 Å². The van der Waals surface area contributed by atoms with E-state index in [1.807, 2.05) is 19.9 Å². The van der Waals surface area contributed by atoms with Gasteiger partial charge in [-0.25, -0.2) is 0 Å². The van der Waals surface area contributed by atoms with Gasteiger partial charge in [-0.1, -0.05) is 29.3 Å². The van der Waals surface area contributed by atoms with Gasteiger partial charge >= 0.3 is 0 Å². The van der Waals surface area contributed by atoms with Gasteiger partial charge < -0.3 is 9.73 Å². The van der Waals surface area contributed by atoms with Crippen molar-refractivity contribution in [2.24, 2.45) is 0 Å². The van der Waals surface area contributed by atoms with E-state index in [9.17, 15) is 4.79 Å². The third-order valence-corrected chi connectivity index (χ3v) is 4.21. The summed E-state index contributed by atoms with van der Waals surface area (Å²) in [6, 6.07) is 9.00. The van der Waals surface area contributed by atoms with Crippen molar-refractivity contribution in [3.63, 3.8) is 0 Å². The Labute approximate surface area is 144 Å². The van der Waals surface area contributed by atoms with Gasteiger partial charge in [-0.3, -0.25) is 4.79 Å². The maximum Gasteiger partial charge on any atom is 0.228 e. The summed E-state index contributed by atoms with van der Waals surface area (Å²) in [4.78, 5) is 12.3. The van der Waals surface area contributed by atoms with E-state index < -0.39 is 0 Å². The van der Waals surface area contributed by atoms with Crippen LogP contribution in [0.5, 0.6) is 0 Å². The molecule has 2 aromatic carbocycles. The number of fused-ring (bicyclic) bond motifs is 1. The Morgan fingerprint density at radius 2 is 1.96 bits per heavy atom. The van der Waals surface area contributed by atoms with Crippen LogP contribution in [-0.2, 0) is 11.2 Å². The first-order valence-corrected chi connectivity index (χ1v) is 7.92. The molecule has 0 aliphatic carbocycles. The summed E-state index contributed by atoms with van der Waals surface area (Å²) in [7, 11) is 0. The van der Waals surface area contributed by atoms with Gasteiger partial charge in [-0.15, -0.1) is 0 Å². The second-order valence-electron chi connectivity index (χ2n) is 5.57. The molecule has 0 saturated carbocycles. The topological polar surface area (TPSA) is 42.2 Å². The molecule has 23 heavy (non-hydrogen) atoms. The van der Waals surface area contributed by atoms with Gasteiger partial charge in [0, 0.05) is 16.0 Å². The zero-order valence-electron chi connectivity index (χ0n) is 12.7. The van der Waals surface area contributed by atoms with Crippen molar-refractivity contribution in [3.8, 4) is 0 Å². The smallest absolute Gasteiger partial charge is 0.228 e. The molecule has 1 heterocycles. The molecule has 0 spiro atoms. The summed E-state index contributed by atoms with van der Waals surface area (Å²) in [5, 5.41) is 4.75. The Kier molecular flexibility index (Phi) is 4.33. The molecular formula is C18H15Cl2NO2. The van der Waals surface area contributed by atoms with Crippen LogP contribution in [0.25, 0.3) is 11.0 Å². The Morgan fingerprint density at radius 1 is 1.17 bits per heavy atom. The normalized spacial score (nSPS) is 11.0. The first-order valence-electron chi connectivity index (χ1n) is 7.16. The Hall–Kier alpha value is -1.97. The highest BCUT2D eigenvalue weighted by atomic mass is 35.5. The van der Waals surface area contributed by atoms with Crippen LogP contribution in [0.4, 0.5) is 5.69 Å². The minimum Gasteiger partial charge on any atom is -0.464 e. The number of furan rings is 1. The van der Waals surface area contributed by atoms with Crippen molar-refractivity contribution in [2.75, 3.05) is 5.32 Å². The zero-order valence-corrected chi connectivity index (χ0v) is 14.3. The van der Waals surface area contributed by atoms with Gasteiger partial charge in [0.05, 0.1) is 23.4 Å². The number of hydrogen-bond donors (Lipinski definition) is 1. The molecule has 1 aromatic heterocycles. The van der Waals surface area contributed by atoms with Crippen LogP contribution in [0, 0.1) is 13.8 Å². The van der Waals surface area contributed by atoms with E-state index in [-0.39, 0.29) is 12.3 Å². The molecule has 1 N–H and O–H groups in total. The molecule has 5 heteroatoms. The molecule has 3 aromatic rings. The van der Waals surface area contributed by atoms with Gasteiger partial charge in [0.15, 0.2) is 0 Å². The van der Waals surface area contributed by atoms with Crippen molar-refractivity contribution in [1.29, 1.82) is 0 Å². The summed E-state index contributed by atoms with van der Waals surface area (Å²) in [5.74, 6) is -0.170. The lowest BCUT2D eigenvalue weighted by atomic mass is 10.0. The minimum atomic E-state index is -0.170. The van der Waals surface area contributed by atoms with Crippen molar-refractivity contribution < 1.29 is 9.21 Å². The highest BCUT2D eigenvalue weighted by molar-refractivity contribution is 6.35. The predicted molar refractivity (Wildman–Crippen MR) is 94.5 cm³/mol. The van der Waals surface area contributed by atoms with Crippen molar-refractivity contribution in [2.45, 2.75) is 20.3 Å². The molecule has 0 saturated heterocycles. The molecular weight excluding hydrogens is 333 g/mol. The Balaban J connectivity index is 1.85. The van der Waals surface area contributed by atoms with E-state index in [1.54, 1.807) is 24.5 Å². The standard InChI is InChI=1S/C18H15Cl2NO2/c1-10-5-11(2)18-12(9-23-16(18)6-10)7-17(22)21-15-8-13(19)3-4-14(15)20/h3-6,8-9H,7H2,1-2H3,(H,21,22). The maximum absolute atomic E-state index is 12.3. The van der Waals surface area contributed by atoms with Crippen molar-refractivity contribution in [3.05, 3.63) is 63.3 Å². The van der Waals surface area contributed by atoms with E-state index in [4.69, 9.17) is 27.6 Å². The number of carbonyl (C=O) groups excluding carboxylic acids is 1. The van der Waals surface area contributed by atoms with Gasteiger partial charge in [-0.05, 0) is 49.2 Å². The van der Waals surface area contributed by atoms with E-state index in [1.165, 1.54) is 0 Å². The third kappa shape index (κ3) is 3.36. The van der Waals surface area contributed by atoms with Gasteiger partial charge in [0.1, 0.15) is 5.58 Å². The van der Waals surface area contributed by atoms with Gasteiger partial charge in [-0.2, -0.15) is 0 Å². The molecule has 0 fully saturated rings. The summed E-state index contributed by atoms with van der Waals surface area (Å²) in [6.07, 6.45) is 1.84. The number of rotatable bonds is 3. The number of benzene rings is 2. The van der Waals surface area contributed by atoms with Crippen LogP contribution in [0.1, 0.15) is 16.7 Å². The quantitative estimate of drug-likeness (QED) is 0.675. The lowest BCUT2D eigenvalue weighted by Crippen LogP contribution is -2.14. The largest absolute Gasteiger partial charge is 0.464 e. The summed E-state index contributed by atoms with van der Waals surface area (Å²) in [5.41, 5.74) is 4.38. The van der Waals surface area contributed by atoms with E-state index in [2.05, 4.69) is 11.4 Å². The molecule has 3 nitrogen and oxygen atoms in total. The lowest BCUT2D eigenvalue weighted by molar-refractivity contribution is -0.115. The monoisotopic (exact) mass is 347 g/mol. The molecule has 0 bridgehead atoms. The SMILES string of the molecule is Cc1cc(C)c2c(CC(=O)Nc3cc(Cl)ccc3Cl)coc2c1. The van der Waals surface area contributed by atoms with Crippen LogP contribution >= 0.6 is 23.2 Å². The summed E-state index contributed by atoms with van der Waals surface area (Å²) < 4.78 is 5.58. The highest BCUT2D eigenvalue weighted by Crippen LogP contribution is 2.28. The number of halogens is 2. The molecule has 0 atom stereocenters. The molecule has 0 aliphatic heterocycles. The second kappa shape index (κ2) is 6.26. The van der Waals surface area contributed by atoms with Crippen molar-refractivity contribution in [1.82, 2.24) is 0 Å². The fourth-order valence-corrected chi connectivity index (χ4v) is 3.05. The Bertz CT molecular complexity index is 899. The van der Waals surface area contributed by atoms with E-state index in [0.717, 1.165) is 27.7 Å². The minimum absolute atomic E-state index is 0.170. The molecule has 0 aliphatic rings. The second-order valence-corrected chi connectivity index (χ2v) is 6.41. The van der Waals surface area contributed by atoms with E-state index >= 15 is 0 Å². The van der Waals surface area contributed by atoms with Crippen molar-refractivity contribution >= 4 is 45.8 Å². The lowest BCUT2D eigenvalue weighted by Gasteiger charge is -2.07. The zero-order chi connectivity index (χ0) is 16.6. The molecule has 0 unspecified atom stereocenters. The maximum atomic E-state index is 12.3. The molecule has 1 amide bonds. The average molecular weight is 348 g/mol. The number of carbonyl (C=O) groups is 1. The number of amides is 1. The predicted octanol–water partition coefficient (Wildman–Crippen LogP) is 5.54. The van der Waals surface area contributed by atoms with Crippen LogP contribution < -0.4 is 5.32 Å². The fourth-order valence-electron chi connectivity index (χ4n) is 2.72. The highest BCUT2D eigenvalue weighted by Gasteiger charge is 2.14. The van der Waals surface area contributed by atoms with Crippen LogP contribution in [0.2, 0.25) is 10.0 Å². The molecule has 3 rings (SSSR count). The summed E-state index contributed by atoms with van der Waals surface area (Å²) in [6.45, 7) is 4.03. The van der Waals surface area contributed by atoms with Gasteiger partial charge in [0.25, 0.3) is 0 Å². The van der Waals surface area contributed by atoms with Crippen LogP contribution in [0.3, 0.4) is 0 Å². The fraction of sp³-hybridized carbons (Fsp3) is 0.167. The first-order chi connectivity index (χ1) is 10.9.